The van der Waals surface area contributed by atoms with Gasteiger partial charge in [-0.3, -0.25) is 9.69 Å². The van der Waals surface area contributed by atoms with Crippen molar-refractivity contribution < 1.29 is 4.79 Å². The predicted octanol–water partition coefficient (Wildman–Crippen LogP) is 6.01. The van der Waals surface area contributed by atoms with Gasteiger partial charge >= 0.3 is 0 Å². The Labute approximate surface area is 161 Å². The third kappa shape index (κ3) is 4.09. The Bertz CT molecular complexity index is 850. The number of carbonyl (C=O) groups excluding carboxylic acids is 1. The van der Waals surface area contributed by atoms with Gasteiger partial charge in [-0.25, -0.2) is 4.99 Å². The third-order valence-electron chi connectivity index (χ3n) is 3.58. The van der Waals surface area contributed by atoms with Gasteiger partial charge in [0.15, 0.2) is 5.17 Å². The van der Waals surface area contributed by atoms with Crippen LogP contribution in [0, 0.1) is 0 Å². The Morgan fingerprint density at radius 3 is 2.60 bits per heavy atom. The highest BCUT2D eigenvalue weighted by Gasteiger charge is 2.32. The van der Waals surface area contributed by atoms with Gasteiger partial charge in [0, 0.05) is 6.54 Å². The summed E-state index contributed by atoms with van der Waals surface area (Å²) < 4.78 is 0. The fourth-order valence-corrected chi connectivity index (χ4v) is 3.78. The highest BCUT2D eigenvalue weighted by molar-refractivity contribution is 8.18. The summed E-state index contributed by atoms with van der Waals surface area (Å²) in [6.07, 6.45) is 2.63. The van der Waals surface area contributed by atoms with Gasteiger partial charge in [-0.15, -0.1) is 0 Å². The van der Waals surface area contributed by atoms with Gasteiger partial charge in [-0.05, 0) is 48.0 Å². The standard InChI is InChI=1S/C19H16Cl2N2OS/c1-2-11-23-18(24)16(12-13-7-6-10-15(20)17(13)21)25-19(23)22-14-8-4-3-5-9-14/h3-10,12H,2,11H2,1H3/b16-12+,22-19?. The van der Waals surface area contributed by atoms with Crippen LogP contribution in [0.1, 0.15) is 18.9 Å². The van der Waals surface area contributed by atoms with E-state index in [0.29, 0.717) is 26.7 Å². The number of amides is 1. The number of benzene rings is 2. The van der Waals surface area contributed by atoms with Crippen molar-refractivity contribution in [3.05, 3.63) is 69.0 Å². The maximum absolute atomic E-state index is 12.8. The molecule has 0 unspecified atom stereocenters. The van der Waals surface area contributed by atoms with E-state index in [1.54, 1.807) is 17.0 Å². The molecule has 6 heteroatoms. The number of carbonyl (C=O) groups is 1. The fraction of sp³-hybridized carbons (Fsp3) is 0.158. The molecule has 0 atom stereocenters. The smallest absolute Gasteiger partial charge is 0.266 e. The van der Waals surface area contributed by atoms with Gasteiger partial charge in [0.25, 0.3) is 5.91 Å². The first kappa shape index (κ1) is 18.1. The average molecular weight is 391 g/mol. The van der Waals surface area contributed by atoms with Crippen molar-refractivity contribution >= 4 is 57.8 Å². The molecule has 3 rings (SSSR count). The van der Waals surface area contributed by atoms with Crippen molar-refractivity contribution in [3.8, 4) is 0 Å². The van der Waals surface area contributed by atoms with Crippen LogP contribution in [0.4, 0.5) is 5.69 Å². The van der Waals surface area contributed by atoms with E-state index >= 15 is 0 Å². The highest BCUT2D eigenvalue weighted by Crippen LogP contribution is 2.36. The van der Waals surface area contributed by atoms with Crippen LogP contribution < -0.4 is 0 Å². The molecule has 0 aliphatic carbocycles. The Kier molecular flexibility index (Phi) is 5.84. The van der Waals surface area contributed by atoms with Crippen LogP contribution in [0.3, 0.4) is 0 Å². The van der Waals surface area contributed by atoms with E-state index in [9.17, 15) is 4.79 Å². The van der Waals surface area contributed by atoms with E-state index in [2.05, 4.69) is 4.99 Å². The number of amidine groups is 1. The lowest BCUT2D eigenvalue weighted by Crippen LogP contribution is -2.29. The quantitative estimate of drug-likeness (QED) is 0.598. The van der Waals surface area contributed by atoms with E-state index in [4.69, 9.17) is 23.2 Å². The van der Waals surface area contributed by atoms with Crippen LogP contribution in [-0.4, -0.2) is 22.5 Å². The predicted molar refractivity (Wildman–Crippen MR) is 108 cm³/mol. The van der Waals surface area contributed by atoms with Crippen molar-refractivity contribution in [1.29, 1.82) is 0 Å². The van der Waals surface area contributed by atoms with E-state index in [1.165, 1.54) is 11.8 Å². The van der Waals surface area contributed by atoms with E-state index < -0.39 is 0 Å². The van der Waals surface area contributed by atoms with E-state index in [0.717, 1.165) is 17.7 Å². The molecule has 0 N–H and O–H groups in total. The van der Waals surface area contributed by atoms with Gasteiger partial charge in [0.05, 0.1) is 20.6 Å². The fourth-order valence-electron chi connectivity index (χ4n) is 2.40. The number of rotatable bonds is 4. The van der Waals surface area contributed by atoms with Gasteiger partial charge in [0.2, 0.25) is 0 Å². The molecule has 0 spiro atoms. The van der Waals surface area contributed by atoms with Crippen LogP contribution >= 0.6 is 35.0 Å². The number of nitrogens with zero attached hydrogens (tertiary/aromatic N) is 2. The van der Waals surface area contributed by atoms with Crippen molar-refractivity contribution in [3.63, 3.8) is 0 Å². The van der Waals surface area contributed by atoms with E-state index in [1.807, 2.05) is 49.4 Å². The van der Waals surface area contributed by atoms with Crippen LogP contribution in [0.2, 0.25) is 10.0 Å². The minimum absolute atomic E-state index is 0.0578. The third-order valence-corrected chi connectivity index (χ3v) is 5.42. The molecule has 25 heavy (non-hydrogen) atoms. The molecular formula is C19H16Cl2N2OS. The molecule has 0 aromatic heterocycles. The lowest BCUT2D eigenvalue weighted by Gasteiger charge is -2.13. The summed E-state index contributed by atoms with van der Waals surface area (Å²) >= 11 is 13.7. The van der Waals surface area contributed by atoms with Crippen LogP contribution in [0.5, 0.6) is 0 Å². The number of para-hydroxylation sites is 1. The van der Waals surface area contributed by atoms with E-state index in [-0.39, 0.29) is 5.91 Å². The summed E-state index contributed by atoms with van der Waals surface area (Å²) in [4.78, 5) is 19.7. The van der Waals surface area contributed by atoms with Crippen molar-refractivity contribution in [2.24, 2.45) is 4.99 Å². The number of thioether (sulfide) groups is 1. The Morgan fingerprint density at radius 1 is 1.12 bits per heavy atom. The molecular weight excluding hydrogens is 375 g/mol. The molecule has 2 aromatic carbocycles. The molecule has 1 aliphatic heterocycles. The van der Waals surface area contributed by atoms with Crippen molar-refractivity contribution in [2.45, 2.75) is 13.3 Å². The first-order valence-electron chi connectivity index (χ1n) is 7.89. The maximum atomic E-state index is 12.8. The molecule has 1 aliphatic rings. The van der Waals surface area contributed by atoms with Gasteiger partial charge < -0.3 is 0 Å². The molecule has 0 bridgehead atoms. The largest absolute Gasteiger partial charge is 0.286 e. The zero-order valence-corrected chi connectivity index (χ0v) is 15.9. The van der Waals surface area contributed by atoms with Crippen molar-refractivity contribution in [1.82, 2.24) is 4.90 Å². The van der Waals surface area contributed by atoms with Gasteiger partial charge in [0.1, 0.15) is 0 Å². The summed E-state index contributed by atoms with van der Waals surface area (Å²) in [6, 6.07) is 15.0. The molecule has 1 fully saturated rings. The summed E-state index contributed by atoms with van der Waals surface area (Å²) in [5.74, 6) is -0.0578. The molecule has 1 saturated heterocycles. The van der Waals surface area contributed by atoms with Gasteiger partial charge in [-0.1, -0.05) is 60.5 Å². The topological polar surface area (TPSA) is 32.7 Å². The minimum atomic E-state index is -0.0578. The Morgan fingerprint density at radius 2 is 1.88 bits per heavy atom. The minimum Gasteiger partial charge on any atom is -0.286 e. The van der Waals surface area contributed by atoms with Crippen LogP contribution in [-0.2, 0) is 4.79 Å². The lowest BCUT2D eigenvalue weighted by atomic mass is 10.2. The first-order valence-corrected chi connectivity index (χ1v) is 9.46. The number of halogens is 2. The first-order chi connectivity index (χ1) is 12.1. The molecule has 128 valence electrons. The van der Waals surface area contributed by atoms with Gasteiger partial charge in [-0.2, -0.15) is 0 Å². The molecule has 2 aromatic rings. The SMILES string of the molecule is CCCN1C(=O)/C(=C\c2cccc(Cl)c2Cl)SC1=Nc1ccccc1. The summed E-state index contributed by atoms with van der Waals surface area (Å²) in [5.41, 5.74) is 1.54. The van der Waals surface area contributed by atoms with Crippen LogP contribution in [0.25, 0.3) is 6.08 Å². The molecule has 0 radical (unpaired) electrons. The maximum Gasteiger partial charge on any atom is 0.266 e. The molecule has 0 saturated carbocycles. The number of hydrogen-bond acceptors (Lipinski definition) is 3. The van der Waals surface area contributed by atoms with Crippen molar-refractivity contribution in [2.75, 3.05) is 6.54 Å². The highest BCUT2D eigenvalue weighted by atomic mass is 35.5. The Hall–Kier alpha value is -1.75. The average Bonchev–Trinajstić information content (AvgIpc) is 2.89. The monoisotopic (exact) mass is 390 g/mol. The summed E-state index contributed by atoms with van der Waals surface area (Å²) in [7, 11) is 0. The summed E-state index contributed by atoms with van der Waals surface area (Å²) in [6.45, 7) is 2.66. The normalized spacial score (nSPS) is 17.7. The zero-order valence-electron chi connectivity index (χ0n) is 13.6. The lowest BCUT2D eigenvalue weighted by molar-refractivity contribution is -0.122. The molecule has 1 heterocycles. The second kappa shape index (κ2) is 8.09. The number of aliphatic imine (C=N–C) groups is 1. The summed E-state index contributed by atoms with van der Waals surface area (Å²) in [5, 5.41) is 1.60. The Balaban J connectivity index is 1.97. The second-order valence-electron chi connectivity index (χ2n) is 5.44. The second-order valence-corrected chi connectivity index (χ2v) is 7.23. The zero-order chi connectivity index (χ0) is 17.8. The number of hydrogen-bond donors (Lipinski definition) is 0. The van der Waals surface area contributed by atoms with Crippen LogP contribution in [0.15, 0.2) is 58.4 Å². The molecule has 1 amide bonds. The molecule has 3 nitrogen and oxygen atoms in total.